The first-order chi connectivity index (χ1) is 9.13. The minimum absolute atomic E-state index is 0.704. The van der Waals surface area contributed by atoms with E-state index in [0.717, 1.165) is 11.1 Å². The van der Waals surface area contributed by atoms with Crippen LogP contribution in [0.2, 0.25) is 0 Å². The van der Waals surface area contributed by atoms with Crippen molar-refractivity contribution in [3.8, 4) is 11.8 Å². The van der Waals surface area contributed by atoms with Crippen LogP contribution in [-0.4, -0.2) is 24.2 Å². The standard InChI is InChI=1S/2C7H8NO.Zn/c2*1-6-4-3-5-8-7(6)9-2;/h2*4-5H,1-2H3;. The molecule has 2 heterocycles. The topological polar surface area (TPSA) is 44.2 Å². The number of nitrogens with zero attached hydrogens (tertiary/aromatic N) is 2. The summed E-state index contributed by atoms with van der Waals surface area (Å²) in [7, 11) is 3.29. The van der Waals surface area contributed by atoms with E-state index in [1.165, 1.54) is 8.32 Å². The van der Waals surface area contributed by atoms with Gasteiger partial charge in [0.15, 0.2) is 0 Å². The normalized spacial score (nSPS) is 9.89. The predicted molar refractivity (Wildman–Crippen MR) is 70.3 cm³/mol. The molecule has 5 heteroatoms. The van der Waals surface area contributed by atoms with Gasteiger partial charge >= 0.3 is 120 Å². The SMILES string of the molecule is COc1nc[c]([Zn][c]2cnc(OC)c(C)c2)cc1C. The molecule has 0 aliphatic carbocycles. The summed E-state index contributed by atoms with van der Waals surface area (Å²) in [5, 5.41) is 0. The molecule has 0 bridgehead atoms. The van der Waals surface area contributed by atoms with Crippen molar-refractivity contribution >= 4 is 8.32 Å². The van der Waals surface area contributed by atoms with E-state index in [0.29, 0.717) is 11.8 Å². The van der Waals surface area contributed by atoms with E-state index in [2.05, 4.69) is 22.1 Å². The molecule has 19 heavy (non-hydrogen) atoms. The van der Waals surface area contributed by atoms with Crippen LogP contribution in [0.3, 0.4) is 0 Å². The van der Waals surface area contributed by atoms with Crippen molar-refractivity contribution in [2.24, 2.45) is 0 Å². The molecular formula is C14H16N2O2Zn. The first-order valence-electron chi connectivity index (χ1n) is 6.13. The number of hydrogen-bond acceptors (Lipinski definition) is 4. The van der Waals surface area contributed by atoms with E-state index in [1.54, 1.807) is 14.2 Å². The van der Waals surface area contributed by atoms with Gasteiger partial charge in [0, 0.05) is 0 Å². The molecule has 0 saturated carbocycles. The van der Waals surface area contributed by atoms with Gasteiger partial charge in [-0.3, -0.25) is 0 Å². The average molecular weight is 310 g/mol. The summed E-state index contributed by atoms with van der Waals surface area (Å²) >= 11 is -1.04. The van der Waals surface area contributed by atoms with Crippen LogP contribution < -0.4 is 17.8 Å². The first kappa shape index (κ1) is 13.9. The third-order valence-electron chi connectivity index (χ3n) is 2.97. The van der Waals surface area contributed by atoms with Crippen LogP contribution in [0.4, 0.5) is 0 Å². The van der Waals surface area contributed by atoms with Crippen LogP contribution in [0.15, 0.2) is 24.5 Å². The number of hydrogen-bond donors (Lipinski definition) is 0. The summed E-state index contributed by atoms with van der Waals surface area (Å²) < 4.78 is 13.0. The van der Waals surface area contributed by atoms with Gasteiger partial charge in [-0.15, -0.1) is 0 Å². The van der Waals surface area contributed by atoms with Gasteiger partial charge in [0.2, 0.25) is 0 Å². The van der Waals surface area contributed by atoms with Crippen LogP contribution in [-0.2, 0) is 17.1 Å². The van der Waals surface area contributed by atoms with E-state index >= 15 is 0 Å². The summed E-state index contributed by atoms with van der Waals surface area (Å²) in [6.07, 6.45) is 3.84. The number of pyridine rings is 2. The molecule has 0 spiro atoms. The number of aryl methyl sites for hydroxylation is 2. The third-order valence-corrected chi connectivity index (χ3v) is 6.30. The number of methoxy groups -OCH3 is 2. The molecule has 0 N–H and O–H groups in total. The Morgan fingerprint density at radius 1 is 0.842 bits per heavy atom. The van der Waals surface area contributed by atoms with Crippen molar-refractivity contribution in [2.75, 3.05) is 14.2 Å². The second kappa shape index (κ2) is 6.11. The maximum absolute atomic E-state index is 5.18. The summed E-state index contributed by atoms with van der Waals surface area (Å²) in [4.78, 5) is 8.66. The Bertz CT molecular complexity index is 536. The Morgan fingerprint density at radius 3 is 1.58 bits per heavy atom. The second-order valence-electron chi connectivity index (χ2n) is 4.52. The van der Waals surface area contributed by atoms with Gasteiger partial charge in [0.05, 0.1) is 0 Å². The fraction of sp³-hybridized carbons (Fsp3) is 0.286. The van der Waals surface area contributed by atoms with E-state index in [9.17, 15) is 0 Å². The molecule has 4 nitrogen and oxygen atoms in total. The zero-order chi connectivity index (χ0) is 13.8. The Labute approximate surface area is 120 Å². The van der Waals surface area contributed by atoms with Gasteiger partial charge in [-0.05, 0) is 0 Å². The van der Waals surface area contributed by atoms with E-state index in [4.69, 9.17) is 9.47 Å². The van der Waals surface area contributed by atoms with Crippen molar-refractivity contribution in [1.29, 1.82) is 0 Å². The van der Waals surface area contributed by atoms with Crippen LogP contribution >= 0.6 is 0 Å². The van der Waals surface area contributed by atoms with Gasteiger partial charge in [-0.1, -0.05) is 0 Å². The van der Waals surface area contributed by atoms with E-state index in [-0.39, 0.29) is 0 Å². The summed E-state index contributed by atoms with van der Waals surface area (Å²) in [6.45, 7) is 4.05. The van der Waals surface area contributed by atoms with Gasteiger partial charge in [-0.2, -0.15) is 0 Å². The molecule has 2 aromatic rings. The van der Waals surface area contributed by atoms with E-state index in [1.807, 2.05) is 26.2 Å². The van der Waals surface area contributed by atoms with Gasteiger partial charge in [-0.25, -0.2) is 0 Å². The van der Waals surface area contributed by atoms with Crippen LogP contribution in [0.5, 0.6) is 11.8 Å². The molecule has 0 aliphatic rings. The van der Waals surface area contributed by atoms with Crippen molar-refractivity contribution in [1.82, 2.24) is 9.97 Å². The molecule has 0 saturated heterocycles. The van der Waals surface area contributed by atoms with Crippen LogP contribution in [0, 0.1) is 13.8 Å². The predicted octanol–water partition coefficient (Wildman–Crippen LogP) is 1.14. The summed E-state index contributed by atoms with van der Waals surface area (Å²) in [6, 6.07) is 4.34. The third kappa shape index (κ3) is 3.29. The van der Waals surface area contributed by atoms with E-state index < -0.39 is 17.1 Å². The quantitative estimate of drug-likeness (QED) is 0.795. The molecule has 0 radical (unpaired) electrons. The zero-order valence-corrected chi connectivity index (χ0v) is 14.7. The second-order valence-corrected chi connectivity index (χ2v) is 8.68. The molecule has 0 atom stereocenters. The van der Waals surface area contributed by atoms with Crippen molar-refractivity contribution < 1.29 is 26.6 Å². The molecule has 0 aliphatic heterocycles. The molecule has 0 fully saturated rings. The zero-order valence-electron chi connectivity index (χ0n) is 11.7. The van der Waals surface area contributed by atoms with Crippen molar-refractivity contribution in [3.63, 3.8) is 0 Å². The Kier molecular flexibility index (Phi) is 4.49. The van der Waals surface area contributed by atoms with Gasteiger partial charge in [0.1, 0.15) is 0 Å². The molecule has 96 valence electrons. The summed E-state index contributed by atoms with van der Waals surface area (Å²) in [5.41, 5.74) is 2.17. The monoisotopic (exact) mass is 308 g/mol. The first-order valence-corrected chi connectivity index (χ1v) is 9.09. The van der Waals surface area contributed by atoms with Crippen molar-refractivity contribution in [3.05, 3.63) is 35.7 Å². The fourth-order valence-electron chi connectivity index (χ4n) is 2.10. The Morgan fingerprint density at radius 2 is 1.26 bits per heavy atom. The molecular weight excluding hydrogens is 294 g/mol. The van der Waals surface area contributed by atoms with Gasteiger partial charge in [0.25, 0.3) is 0 Å². The number of aromatic nitrogens is 2. The van der Waals surface area contributed by atoms with Crippen LogP contribution in [0.25, 0.3) is 0 Å². The number of rotatable bonds is 4. The molecule has 2 aromatic heterocycles. The van der Waals surface area contributed by atoms with Crippen molar-refractivity contribution in [2.45, 2.75) is 13.8 Å². The molecule has 2 rings (SSSR count). The Balaban J connectivity index is 2.21. The molecule has 0 aromatic carbocycles. The maximum atomic E-state index is 5.18. The van der Waals surface area contributed by atoms with Gasteiger partial charge < -0.3 is 0 Å². The molecule has 0 unspecified atom stereocenters. The van der Waals surface area contributed by atoms with Crippen LogP contribution in [0.1, 0.15) is 11.1 Å². The fourth-order valence-corrected chi connectivity index (χ4v) is 5.57. The summed E-state index contributed by atoms with van der Waals surface area (Å²) in [5.74, 6) is 1.41. The molecule has 0 amide bonds. The Hall–Kier alpha value is -1.48. The average Bonchev–Trinajstić information content (AvgIpc) is 2.39. The number of ether oxygens (including phenoxy) is 2. The minimum atomic E-state index is -1.04.